The van der Waals surface area contributed by atoms with Crippen LogP contribution in [0, 0.1) is 5.82 Å². The van der Waals surface area contributed by atoms with Gasteiger partial charge in [-0.2, -0.15) is 0 Å². The van der Waals surface area contributed by atoms with Crippen molar-refractivity contribution in [3.05, 3.63) is 28.0 Å². The maximum Gasteiger partial charge on any atom is 1.00 e. The Morgan fingerprint density at radius 3 is 2.88 bits per heavy atom. The van der Waals surface area contributed by atoms with Crippen LogP contribution in [0.15, 0.2) is 6.07 Å². The Kier molecular flexibility index (Phi) is 4.62. The molecule has 0 aromatic heterocycles. The van der Waals surface area contributed by atoms with Gasteiger partial charge >= 0.3 is 29.6 Å². The van der Waals surface area contributed by atoms with Crippen LogP contribution in [0.4, 0.5) is 4.39 Å². The first-order chi connectivity index (χ1) is 7.11. The van der Waals surface area contributed by atoms with E-state index in [1.165, 1.54) is 6.07 Å². The SMILES string of the molecule is O=C([O-])c1c(F)c(Cl)cc2c1OCCC2.[Na+]. The van der Waals surface area contributed by atoms with Crippen LogP contribution in [0.5, 0.6) is 5.75 Å². The number of aromatic carboxylic acids is 1. The third-order valence-electron chi connectivity index (χ3n) is 2.29. The maximum atomic E-state index is 13.4. The number of hydrogen-bond acceptors (Lipinski definition) is 3. The van der Waals surface area contributed by atoms with Crippen LogP contribution in [-0.4, -0.2) is 12.6 Å². The van der Waals surface area contributed by atoms with Gasteiger partial charge in [0, 0.05) is 0 Å². The fourth-order valence-electron chi connectivity index (χ4n) is 1.63. The van der Waals surface area contributed by atoms with Crippen LogP contribution in [0.3, 0.4) is 0 Å². The van der Waals surface area contributed by atoms with Gasteiger partial charge in [-0.3, -0.25) is 0 Å². The molecule has 0 fully saturated rings. The minimum Gasteiger partial charge on any atom is -0.545 e. The van der Waals surface area contributed by atoms with Gasteiger partial charge in [0.15, 0.2) is 5.82 Å². The van der Waals surface area contributed by atoms with Crippen molar-refractivity contribution >= 4 is 17.6 Å². The van der Waals surface area contributed by atoms with Gasteiger partial charge in [-0.05, 0) is 24.5 Å². The smallest absolute Gasteiger partial charge is 0.545 e. The molecule has 0 spiro atoms. The summed E-state index contributed by atoms with van der Waals surface area (Å²) < 4.78 is 18.5. The summed E-state index contributed by atoms with van der Waals surface area (Å²) >= 11 is 5.57. The third kappa shape index (κ3) is 2.35. The molecule has 0 aliphatic carbocycles. The minimum atomic E-state index is -1.60. The van der Waals surface area contributed by atoms with Crippen molar-refractivity contribution in [1.82, 2.24) is 0 Å². The van der Waals surface area contributed by atoms with Crippen molar-refractivity contribution in [3.8, 4) is 5.75 Å². The molecule has 16 heavy (non-hydrogen) atoms. The molecular weight excluding hydrogens is 246 g/mol. The quantitative estimate of drug-likeness (QED) is 0.553. The van der Waals surface area contributed by atoms with Gasteiger partial charge in [-0.15, -0.1) is 0 Å². The monoisotopic (exact) mass is 252 g/mol. The van der Waals surface area contributed by atoms with E-state index in [0.29, 0.717) is 18.6 Å². The number of halogens is 2. The number of fused-ring (bicyclic) bond motifs is 1. The van der Waals surface area contributed by atoms with E-state index in [1.54, 1.807) is 0 Å². The molecule has 0 N–H and O–H groups in total. The fraction of sp³-hybridized carbons (Fsp3) is 0.300. The Labute approximate surface area is 119 Å². The predicted octanol–water partition coefficient (Wildman–Crippen LogP) is -1.83. The van der Waals surface area contributed by atoms with Crippen LogP contribution < -0.4 is 39.4 Å². The van der Waals surface area contributed by atoms with E-state index >= 15 is 0 Å². The summed E-state index contributed by atoms with van der Waals surface area (Å²) in [5.41, 5.74) is 0.0454. The number of carbonyl (C=O) groups excluding carboxylic acids is 1. The largest absolute Gasteiger partial charge is 1.00 e. The van der Waals surface area contributed by atoms with Crippen molar-refractivity contribution in [2.45, 2.75) is 12.8 Å². The Morgan fingerprint density at radius 2 is 2.25 bits per heavy atom. The first-order valence-corrected chi connectivity index (χ1v) is 4.84. The van der Waals surface area contributed by atoms with Crippen LogP contribution in [0.25, 0.3) is 0 Å². The summed E-state index contributed by atoms with van der Waals surface area (Å²) in [5, 5.41) is 10.5. The molecule has 80 valence electrons. The Morgan fingerprint density at radius 1 is 1.56 bits per heavy atom. The molecule has 0 amide bonds. The molecule has 6 heteroatoms. The average Bonchev–Trinajstić information content (AvgIpc) is 2.19. The second-order valence-corrected chi connectivity index (χ2v) is 3.68. The molecule has 0 radical (unpaired) electrons. The van der Waals surface area contributed by atoms with Crippen molar-refractivity contribution in [1.29, 1.82) is 0 Å². The number of carboxylic acid groups (broad SMARTS) is 1. The molecule has 1 aromatic carbocycles. The Hall–Kier alpha value is -0.290. The van der Waals surface area contributed by atoms with E-state index in [4.69, 9.17) is 16.3 Å². The summed E-state index contributed by atoms with van der Waals surface area (Å²) in [6, 6.07) is 1.40. The number of rotatable bonds is 1. The van der Waals surface area contributed by atoms with Gasteiger partial charge < -0.3 is 14.6 Å². The van der Waals surface area contributed by atoms with Gasteiger partial charge in [0.25, 0.3) is 0 Å². The fourth-order valence-corrected chi connectivity index (χ4v) is 1.86. The van der Waals surface area contributed by atoms with E-state index in [2.05, 4.69) is 0 Å². The van der Waals surface area contributed by atoms with E-state index in [1.807, 2.05) is 0 Å². The molecule has 1 aromatic rings. The molecule has 0 saturated heterocycles. The van der Waals surface area contributed by atoms with E-state index in [-0.39, 0.29) is 40.3 Å². The van der Waals surface area contributed by atoms with Crippen molar-refractivity contribution in [2.24, 2.45) is 0 Å². The summed E-state index contributed by atoms with van der Waals surface area (Å²) in [6.45, 7) is 0.383. The summed E-state index contributed by atoms with van der Waals surface area (Å²) in [6.07, 6.45) is 1.40. The molecule has 1 aliphatic rings. The van der Waals surface area contributed by atoms with E-state index < -0.39 is 17.3 Å². The number of hydrogen-bond donors (Lipinski definition) is 0. The topological polar surface area (TPSA) is 49.4 Å². The standard InChI is InChI=1S/C10H8ClFO3.Na/c11-6-4-5-2-1-3-15-9(5)7(8(6)12)10(13)14;/h4H,1-3H2,(H,13,14);/q;+1/p-1. The maximum absolute atomic E-state index is 13.4. The molecule has 1 heterocycles. The second kappa shape index (κ2) is 5.36. The van der Waals surface area contributed by atoms with Crippen LogP contribution in [0.2, 0.25) is 5.02 Å². The third-order valence-corrected chi connectivity index (χ3v) is 2.56. The molecule has 0 unspecified atom stereocenters. The van der Waals surface area contributed by atoms with Crippen molar-refractivity contribution in [3.63, 3.8) is 0 Å². The number of carbonyl (C=O) groups is 1. The van der Waals surface area contributed by atoms with E-state index in [0.717, 1.165) is 6.42 Å². The van der Waals surface area contributed by atoms with Gasteiger partial charge in [-0.1, -0.05) is 11.6 Å². The molecule has 1 aliphatic heterocycles. The summed E-state index contributed by atoms with van der Waals surface area (Å²) in [4.78, 5) is 10.8. The van der Waals surface area contributed by atoms with Crippen molar-refractivity contribution < 1.29 is 48.6 Å². The molecule has 0 atom stereocenters. The number of carboxylic acids is 1. The van der Waals surface area contributed by atoms with Crippen LogP contribution in [0.1, 0.15) is 22.3 Å². The molecule has 2 rings (SSSR count). The Bertz CT molecular complexity index is 437. The molecule has 3 nitrogen and oxygen atoms in total. The normalized spacial score (nSPS) is 13.4. The zero-order valence-electron chi connectivity index (χ0n) is 8.68. The van der Waals surface area contributed by atoms with Crippen LogP contribution in [-0.2, 0) is 6.42 Å². The number of aryl methyl sites for hydroxylation is 1. The summed E-state index contributed by atoms with van der Waals surface area (Å²) in [5.74, 6) is -2.53. The predicted molar refractivity (Wildman–Crippen MR) is 49.6 cm³/mol. The zero-order chi connectivity index (χ0) is 11.0. The minimum absolute atomic E-state index is 0. The Balaban J connectivity index is 0.00000128. The first-order valence-electron chi connectivity index (χ1n) is 4.46. The second-order valence-electron chi connectivity index (χ2n) is 3.28. The first kappa shape index (κ1) is 13.8. The molecule has 0 saturated carbocycles. The van der Waals surface area contributed by atoms with Gasteiger partial charge in [0.05, 0.1) is 23.2 Å². The number of benzene rings is 1. The van der Waals surface area contributed by atoms with Gasteiger partial charge in [0.1, 0.15) is 5.75 Å². The van der Waals surface area contributed by atoms with Gasteiger partial charge in [0.2, 0.25) is 0 Å². The zero-order valence-corrected chi connectivity index (χ0v) is 11.4. The summed E-state index contributed by atoms with van der Waals surface area (Å²) in [7, 11) is 0. The van der Waals surface area contributed by atoms with Gasteiger partial charge in [-0.25, -0.2) is 4.39 Å². The molecule has 0 bridgehead atoms. The van der Waals surface area contributed by atoms with Crippen molar-refractivity contribution in [2.75, 3.05) is 6.61 Å². The number of ether oxygens (including phenoxy) is 1. The van der Waals surface area contributed by atoms with Crippen LogP contribution >= 0.6 is 11.6 Å². The van der Waals surface area contributed by atoms with E-state index in [9.17, 15) is 14.3 Å². The average molecular weight is 253 g/mol. The molecular formula is C10H7ClFNaO3.